The predicted octanol–water partition coefficient (Wildman–Crippen LogP) is -0.815. The van der Waals surface area contributed by atoms with E-state index >= 15 is 9.59 Å². The Labute approximate surface area is 466 Å². The summed E-state index contributed by atoms with van der Waals surface area (Å²) in [6, 6.07) is -15.2. The molecule has 0 saturated carbocycles. The van der Waals surface area contributed by atoms with Crippen molar-refractivity contribution in [3.05, 3.63) is 0 Å². The maximum absolute atomic E-state index is 15.5. The van der Waals surface area contributed by atoms with Crippen LogP contribution in [0.5, 0.6) is 0 Å². The van der Waals surface area contributed by atoms with E-state index in [0.717, 1.165) is 32.6 Å². The lowest BCUT2D eigenvalue weighted by Crippen LogP contribution is -2.67. The van der Waals surface area contributed by atoms with Gasteiger partial charge < -0.3 is 68.7 Å². The van der Waals surface area contributed by atoms with Gasteiger partial charge in [-0.3, -0.25) is 57.6 Å². The number of aliphatic hydroxyl groups is 4. The number of rotatable bonds is 27. The maximum Gasteiger partial charge on any atom is 0.252 e. The van der Waals surface area contributed by atoms with Crippen LogP contribution in [0.15, 0.2) is 0 Å². The largest absolute Gasteiger partial charge is 0.394 e. The van der Waals surface area contributed by atoms with Gasteiger partial charge in [-0.1, -0.05) is 115 Å². The highest BCUT2D eigenvalue weighted by atomic mass is 16.3. The van der Waals surface area contributed by atoms with E-state index in [0.29, 0.717) is 17.7 Å². The number of carbonyl (C=O) groups is 11. The van der Waals surface area contributed by atoms with Crippen molar-refractivity contribution in [1.82, 2.24) is 47.4 Å². The molecule has 1 rings (SSSR count). The Morgan fingerprint density at radius 1 is 0.582 bits per heavy atom. The van der Waals surface area contributed by atoms with Crippen molar-refractivity contribution in [2.75, 3.05) is 13.2 Å². The first kappa shape index (κ1) is 71.2. The molecule has 0 aromatic rings. The molecule has 1 aliphatic rings. The number of imide groups is 1. The third-order valence-electron chi connectivity index (χ3n) is 13.5. The van der Waals surface area contributed by atoms with E-state index in [-0.39, 0.29) is 43.9 Å². The van der Waals surface area contributed by atoms with Crippen LogP contribution in [0.2, 0.25) is 0 Å². The van der Waals surface area contributed by atoms with E-state index in [1.165, 1.54) is 20.8 Å². The third-order valence-corrected chi connectivity index (χ3v) is 13.5. The molecule has 25 nitrogen and oxygen atoms in total. The summed E-state index contributed by atoms with van der Waals surface area (Å²) in [7, 11) is 0. The van der Waals surface area contributed by atoms with Crippen molar-refractivity contribution < 1.29 is 73.2 Å². The summed E-state index contributed by atoms with van der Waals surface area (Å²) in [5, 5.41) is 63.1. The van der Waals surface area contributed by atoms with Crippen LogP contribution in [-0.4, -0.2) is 170 Å². The monoisotopic (exact) mass is 1120 g/mol. The molecule has 0 aliphatic carbocycles. The zero-order chi connectivity index (χ0) is 60.4. The summed E-state index contributed by atoms with van der Waals surface area (Å²) in [4.78, 5) is 156. The zero-order valence-corrected chi connectivity index (χ0v) is 48.6. The zero-order valence-electron chi connectivity index (χ0n) is 48.6. The van der Waals surface area contributed by atoms with Crippen LogP contribution in [-0.2, 0) is 52.7 Å². The van der Waals surface area contributed by atoms with Gasteiger partial charge in [0.2, 0.25) is 53.2 Å². The van der Waals surface area contributed by atoms with E-state index in [9.17, 15) is 63.6 Å². The van der Waals surface area contributed by atoms with Crippen LogP contribution in [0.1, 0.15) is 167 Å². The van der Waals surface area contributed by atoms with E-state index in [2.05, 4.69) is 49.5 Å². The van der Waals surface area contributed by atoms with E-state index in [1.54, 1.807) is 48.5 Å². The SMILES string of the molecule is CCCCCCC[C@@H](O)CC(=O)N[C@H](CCC(N)=O)C(=O)N[C@@H](CC(C)C)C(=O)N1C(=O)[C@H]([C@@H](C)CC)NC(=O)[C@@H](CO)NC(=O)[C@H](CC(C)C)NC(=O)[C@@H](CO)NC(=O)[C@@H](CC(C)C)NC(=O)[C@@H](C(C)C)NC(=O)[C@H]1[C@@H](C)O. The molecule has 0 aromatic heterocycles. The summed E-state index contributed by atoms with van der Waals surface area (Å²) in [6.45, 7) is 17.6. The van der Waals surface area contributed by atoms with Gasteiger partial charge in [0, 0.05) is 6.42 Å². The number of unbranched alkanes of at least 4 members (excludes halogenated alkanes) is 4. The molecule has 452 valence electrons. The van der Waals surface area contributed by atoms with Crippen LogP contribution < -0.4 is 48.3 Å². The molecule has 0 bridgehead atoms. The number of carbonyl (C=O) groups excluding carboxylic acids is 11. The van der Waals surface area contributed by atoms with Crippen molar-refractivity contribution in [2.24, 2.45) is 35.3 Å². The van der Waals surface area contributed by atoms with Gasteiger partial charge in [0.1, 0.15) is 54.4 Å². The van der Waals surface area contributed by atoms with Crippen LogP contribution in [0.25, 0.3) is 0 Å². The first-order chi connectivity index (χ1) is 36.9. The minimum Gasteiger partial charge on any atom is -0.394 e. The number of hydrogen-bond donors (Lipinski definition) is 13. The van der Waals surface area contributed by atoms with Crippen LogP contribution in [0.3, 0.4) is 0 Å². The van der Waals surface area contributed by atoms with Crippen molar-refractivity contribution in [2.45, 2.75) is 233 Å². The van der Waals surface area contributed by atoms with Gasteiger partial charge in [-0.05, 0) is 68.6 Å². The fourth-order valence-corrected chi connectivity index (χ4v) is 8.91. The van der Waals surface area contributed by atoms with Gasteiger partial charge in [0.05, 0.1) is 31.8 Å². The normalized spacial score (nSPS) is 23.5. The minimum absolute atomic E-state index is 0.0285. The molecule has 0 unspecified atom stereocenters. The standard InChI is InChI=1S/C54H96N10O15/c1-13-15-16-17-18-19-34(68)25-42(70)56-35(20-21-41(55)69)46(71)59-38(24-30(7)8)53(78)64-45(33(12)67)52(77)62-43(31(9)10)51(76)58-37(23-29(5)6)48(73)60-39(26-65)49(74)57-36(22-28(3)4)47(72)61-40(27-66)50(75)63-44(54(64)79)32(11)14-2/h28-40,43-45,65-68H,13-27H2,1-12H3,(H2,55,69)(H,56,70)(H,57,74)(H,58,76)(H,59,71)(H,60,73)(H,61,72)(H,62,77)(H,63,75)/t32-,33+,34+,35+,36-,37+,38-,39+,40+,43+,44-,45+/m0/s1. The van der Waals surface area contributed by atoms with Gasteiger partial charge in [0.25, 0.3) is 11.8 Å². The topological polar surface area (TPSA) is 394 Å². The number of nitrogens with one attached hydrogen (secondary N) is 8. The Kier molecular flexibility index (Phi) is 32.2. The highest BCUT2D eigenvalue weighted by Gasteiger charge is 2.47. The lowest BCUT2D eigenvalue weighted by molar-refractivity contribution is -0.160. The van der Waals surface area contributed by atoms with Crippen molar-refractivity contribution in [3.8, 4) is 0 Å². The van der Waals surface area contributed by atoms with Gasteiger partial charge in [0.15, 0.2) is 0 Å². The molecule has 1 aliphatic heterocycles. The van der Waals surface area contributed by atoms with Gasteiger partial charge in [-0.15, -0.1) is 0 Å². The highest BCUT2D eigenvalue weighted by molar-refractivity contribution is 6.07. The molecule has 1 fully saturated rings. The fraction of sp³-hybridized carbons (Fsp3) is 0.796. The molecule has 14 N–H and O–H groups in total. The molecule has 11 amide bonds. The predicted molar refractivity (Wildman–Crippen MR) is 292 cm³/mol. The maximum atomic E-state index is 15.5. The number of nitrogens with zero attached hydrogens (tertiary/aromatic N) is 1. The second kappa shape index (κ2) is 35.7. The van der Waals surface area contributed by atoms with Gasteiger partial charge in [-0.25, -0.2) is 0 Å². The number of hydrogen-bond acceptors (Lipinski definition) is 15. The van der Waals surface area contributed by atoms with Crippen molar-refractivity contribution >= 4 is 65.0 Å². The lowest BCUT2D eigenvalue weighted by atomic mass is 9.94. The van der Waals surface area contributed by atoms with E-state index in [4.69, 9.17) is 5.73 Å². The van der Waals surface area contributed by atoms with Crippen LogP contribution in [0.4, 0.5) is 0 Å². The van der Waals surface area contributed by atoms with Crippen LogP contribution >= 0.6 is 0 Å². The summed E-state index contributed by atoms with van der Waals surface area (Å²) in [6.07, 6.45) is 0.346. The first-order valence-corrected chi connectivity index (χ1v) is 28.1. The summed E-state index contributed by atoms with van der Waals surface area (Å²) in [5.41, 5.74) is 5.44. The molecule has 0 radical (unpaired) electrons. The van der Waals surface area contributed by atoms with E-state index in [1.807, 2.05) is 0 Å². The fourth-order valence-electron chi connectivity index (χ4n) is 8.91. The smallest absolute Gasteiger partial charge is 0.252 e. The Morgan fingerprint density at radius 2 is 1.06 bits per heavy atom. The lowest BCUT2D eigenvalue weighted by Gasteiger charge is -2.38. The molecule has 12 atom stereocenters. The molecule has 1 saturated heterocycles. The average Bonchev–Trinajstić information content (AvgIpc) is 3.35. The molecular weight excluding hydrogens is 1030 g/mol. The Bertz CT molecular complexity index is 2040. The minimum atomic E-state index is -2.24. The molecule has 1 heterocycles. The molecular formula is C54H96N10O15. The summed E-state index contributed by atoms with van der Waals surface area (Å²) >= 11 is 0. The molecule has 0 spiro atoms. The van der Waals surface area contributed by atoms with Gasteiger partial charge >= 0.3 is 0 Å². The third kappa shape index (κ3) is 24.6. The van der Waals surface area contributed by atoms with Gasteiger partial charge in [-0.2, -0.15) is 0 Å². The highest BCUT2D eigenvalue weighted by Crippen LogP contribution is 2.21. The number of nitrogens with two attached hydrogens (primary N) is 1. The number of primary amides is 1. The molecule has 79 heavy (non-hydrogen) atoms. The first-order valence-electron chi connectivity index (χ1n) is 28.1. The second-order valence-corrected chi connectivity index (χ2v) is 22.6. The summed E-state index contributed by atoms with van der Waals surface area (Å²) < 4.78 is 0. The number of aliphatic hydroxyl groups excluding tert-OH is 4. The second-order valence-electron chi connectivity index (χ2n) is 22.6. The number of amides is 11. The Morgan fingerprint density at radius 3 is 1.52 bits per heavy atom. The Hall–Kier alpha value is -5.79. The van der Waals surface area contributed by atoms with E-state index < -0.39 is 175 Å². The summed E-state index contributed by atoms with van der Waals surface area (Å²) in [5.74, 6) is -14.3. The van der Waals surface area contributed by atoms with Crippen LogP contribution in [0, 0.1) is 29.6 Å². The Balaban J connectivity index is 4.28. The van der Waals surface area contributed by atoms with Crippen molar-refractivity contribution in [1.29, 1.82) is 0 Å². The van der Waals surface area contributed by atoms with Crippen molar-refractivity contribution in [3.63, 3.8) is 0 Å². The average molecular weight is 1130 g/mol. The molecule has 25 heteroatoms. The quantitative estimate of drug-likeness (QED) is 0.0447. The molecule has 0 aromatic carbocycles.